The Morgan fingerprint density at radius 1 is 1.33 bits per heavy atom. The lowest BCUT2D eigenvalue weighted by atomic mass is 10.1. The van der Waals surface area contributed by atoms with E-state index in [0.29, 0.717) is 26.1 Å². The van der Waals surface area contributed by atoms with Crippen LogP contribution in [0.5, 0.6) is 0 Å². The maximum absolute atomic E-state index is 12.3. The molecule has 0 aromatic heterocycles. The zero-order chi connectivity index (χ0) is 15.5. The monoisotopic (exact) mass is 315 g/mol. The van der Waals surface area contributed by atoms with Gasteiger partial charge in [0.2, 0.25) is 10.0 Å². The SMILES string of the molecule is CNc1cc(S(=O)(=O)NC2CCOCC2)ccc1[N+](=O)[O-]. The van der Waals surface area contributed by atoms with E-state index in [1.807, 2.05) is 0 Å². The smallest absolute Gasteiger partial charge is 0.292 e. The summed E-state index contributed by atoms with van der Waals surface area (Å²) in [6.45, 7) is 1.05. The fourth-order valence-electron chi connectivity index (χ4n) is 2.14. The molecular formula is C12H17N3O5S. The highest BCUT2D eigenvalue weighted by molar-refractivity contribution is 7.89. The van der Waals surface area contributed by atoms with E-state index >= 15 is 0 Å². The molecule has 1 saturated heterocycles. The van der Waals surface area contributed by atoms with E-state index in [-0.39, 0.29) is 22.3 Å². The number of nitrogens with one attached hydrogen (secondary N) is 2. The van der Waals surface area contributed by atoms with Crippen molar-refractivity contribution in [1.29, 1.82) is 0 Å². The third kappa shape index (κ3) is 3.69. The molecule has 0 bridgehead atoms. The van der Waals surface area contributed by atoms with Gasteiger partial charge in [-0.25, -0.2) is 13.1 Å². The molecule has 9 heteroatoms. The Hall–Kier alpha value is -1.71. The highest BCUT2D eigenvalue weighted by Gasteiger charge is 2.24. The number of rotatable bonds is 5. The molecule has 0 radical (unpaired) electrons. The fourth-order valence-corrected chi connectivity index (χ4v) is 3.48. The molecule has 21 heavy (non-hydrogen) atoms. The van der Waals surface area contributed by atoms with Crippen molar-refractivity contribution in [1.82, 2.24) is 4.72 Å². The van der Waals surface area contributed by atoms with Crippen molar-refractivity contribution in [3.8, 4) is 0 Å². The third-order valence-corrected chi connectivity index (χ3v) is 4.81. The Morgan fingerprint density at radius 3 is 2.57 bits per heavy atom. The van der Waals surface area contributed by atoms with E-state index in [1.165, 1.54) is 25.2 Å². The summed E-state index contributed by atoms with van der Waals surface area (Å²) in [6, 6.07) is 3.52. The number of ether oxygens (including phenoxy) is 1. The number of hydrogen-bond acceptors (Lipinski definition) is 6. The second kappa shape index (κ2) is 6.37. The molecule has 0 atom stereocenters. The van der Waals surface area contributed by atoms with E-state index in [9.17, 15) is 18.5 Å². The van der Waals surface area contributed by atoms with Gasteiger partial charge >= 0.3 is 0 Å². The average Bonchev–Trinajstić information content (AvgIpc) is 2.47. The first-order chi connectivity index (χ1) is 9.94. The van der Waals surface area contributed by atoms with Crippen LogP contribution in [0.15, 0.2) is 23.1 Å². The predicted molar refractivity (Wildman–Crippen MR) is 76.8 cm³/mol. The van der Waals surface area contributed by atoms with Crippen LogP contribution in [0.3, 0.4) is 0 Å². The number of nitrogens with zero attached hydrogens (tertiary/aromatic N) is 1. The summed E-state index contributed by atoms with van der Waals surface area (Å²) in [6.07, 6.45) is 1.23. The van der Waals surface area contributed by atoms with Gasteiger partial charge in [-0.2, -0.15) is 0 Å². The van der Waals surface area contributed by atoms with E-state index < -0.39 is 14.9 Å². The summed E-state index contributed by atoms with van der Waals surface area (Å²) >= 11 is 0. The van der Waals surface area contributed by atoms with Crippen LogP contribution in [0, 0.1) is 10.1 Å². The van der Waals surface area contributed by atoms with Gasteiger partial charge in [0.25, 0.3) is 5.69 Å². The molecule has 1 aromatic carbocycles. The number of hydrogen-bond donors (Lipinski definition) is 2. The van der Waals surface area contributed by atoms with E-state index in [0.717, 1.165) is 0 Å². The molecule has 1 aliphatic heterocycles. The maximum Gasteiger partial charge on any atom is 0.292 e. The second-order valence-corrected chi connectivity index (χ2v) is 6.41. The summed E-state index contributed by atoms with van der Waals surface area (Å²) in [5, 5.41) is 13.5. The Kier molecular flexibility index (Phi) is 4.76. The summed E-state index contributed by atoms with van der Waals surface area (Å²) < 4.78 is 32.4. The highest BCUT2D eigenvalue weighted by Crippen LogP contribution is 2.27. The summed E-state index contributed by atoms with van der Waals surface area (Å²) in [7, 11) is -2.20. The minimum Gasteiger partial charge on any atom is -0.383 e. The molecule has 0 aliphatic carbocycles. The minimum absolute atomic E-state index is 0.00365. The van der Waals surface area contributed by atoms with Crippen LogP contribution < -0.4 is 10.0 Å². The predicted octanol–water partition coefficient (Wildman–Crippen LogP) is 1.09. The molecule has 1 aliphatic rings. The first kappa shape index (κ1) is 15.7. The molecule has 0 amide bonds. The van der Waals surface area contributed by atoms with Gasteiger partial charge in [-0.1, -0.05) is 0 Å². The van der Waals surface area contributed by atoms with Gasteiger partial charge in [-0.05, 0) is 25.0 Å². The van der Waals surface area contributed by atoms with Crippen LogP contribution in [-0.4, -0.2) is 39.6 Å². The molecule has 0 saturated carbocycles. The van der Waals surface area contributed by atoms with Crippen molar-refractivity contribution >= 4 is 21.4 Å². The van der Waals surface area contributed by atoms with Crippen LogP contribution in [-0.2, 0) is 14.8 Å². The number of sulfonamides is 1. The Balaban J connectivity index is 2.25. The average molecular weight is 315 g/mol. The lowest BCUT2D eigenvalue weighted by molar-refractivity contribution is -0.384. The molecular weight excluding hydrogens is 298 g/mol. The first-order valence-electron chi connectivity index (χ1n) is 6.50. The molecule has 1 aromatic rings. The van der Waals surface area contributed by atoms with E-state index in [1.54, 1.807) is 0 Å². The lowest BCUT2D eigenvalue weighted by Crippen LogP contribution is -2.38. The molecule has 2 N–H and O–H groups in total. The van der Waals surface area contributed by atoms with Crippen molar-refractivity contribution < 1.29 is 18.1 Å². The number of nitro benzene ring substituents is 1. The molecule has 1 fully saturated rings. The van der Waals surface area contributed by atoms with Crippen LogP contribution >= 0.6 is 0 Å². The van der Waals surface area contributed by atoms with Crippen LogP contribution in [0.2, 0.25) is 0 Å². The van der Waals surface area contributed by atoms with Crippen molar-refractivity contribution in [2.24, 2.45) is 0 Å². The van der Waals surface area contributed by atoms with Crippen molar-refractivity contribution in [2.45, 2.75) is 23.8 Å². The summed E-state index contributed by atoms with van der Waals surface area (Å²) in [4.78, 5) is 10.3. The minimum atomic E-state index is -3.70. The normalized spacial score (nSPS) is 16.6. The third-order valence-electron chi connectivity index (χ3n) is 3.29. The summed E-state index contributed by atoms with van der Waals surface area (Å²) in [5.74, 6) is 0. The zero-order valence-electron chi connectivity index (χ0n) is 11.5. The van der Waals surface area contributed by atoms with Gasteiger partial charge in [-0.3, -0.25) is 10.1 Å². The standard InChI is InChI=1S/C12H17N3O5S/c1-13-11-8-10(2-3-12(11)15(16)17)21(18,19)14-9-4-6-20-7-5-9/h2-3,8-9,13-14H,4-7H2,1H3. The quantitative estimate of drug-likeness (QED) is 0.621. The largest absolute Gasteiger partial charge is 0.383 e. The number of anilines is 1. The van der Waals surface area contributed by atoms with Gasteiger partial charge in [0.1, 0.15) is 5.69 Å². The molecule has 2 rings (SSSR count). The Morgan fingerprint density at radius 2 is 2.00 bits per heavy atom. The van der Waals surface area contributed by atoms with Crippen molar-refractivity contribution in [2.75, 3.05) is 25.6 Å². The van der Waals surface area contributed by atoms with Gasteiger partial charge in [-0.15, -0.1) is 0 Å². The maximum atomic E-state index is 12.3. The van der Waals surface area contributed by atoms with Crippen LogP contribution in [0.25, 0.3) is 0 Å². The molecule has 1 heterocycles. The topological polar surface area (TPSA) is 111 Å². The van der Waals surface area contributed by atoms with Gasteiger partial charge in [0.15, 0.2) is 0 Å². The first-order valence-corrected chi connectivity index (χ1v) is 7.98. The number of benzene rings is 1. The fraction of sp³-hybridized carbons (Fsp3) is 0.500. The van der Waals surface area contributed by atoms with Gasteiger partial charge in [0.05, 0.1) is 9.82 Å². The summed E-state index contributed by atoms with van der Waals surface area (Å²) in [5.41, 5.74) is -0.00244. The highest BCUT2D eigenvalue weighted by atomic mass is 32.2. The molecule has 8 nitrogen and oxygen atoms in total. The molecule has 0 spiro atoms. The zero-order valence-corrected chi connectivity index (χ0v) is 12.4. The number of nitro groups is 1. The molecule has 116 valence electrons. The van der Waals surface area contributed by atoms with E-state index in [4.69, 9.17) is 4.74 Å². The lowest BCUT2D eigenvalue weighted by Gasteiger charge is -2.23. The van der Waals surface area contributed by atoms with Gasteiger partial charge in [0, 0.05) is 32.4 Å². The Bertz CT molecular complexity index is 626. The van der Waals surface area contributed by atoms with Crippen molar-refractivity contribution in [3.05, 3.63) is 28.3 Å². The van der Waals surface area contributed by atoms with E-state index in [2.05, 4.69) is 10.0 Å². The van der Waals surface area contributed by atoms with Crippen molar-refractivity contribution in [3.63, 3.8) is 0 Å². The van der Waals surface area contributed by atoms with Crippen LogP contribution in [0.4, 0.5) is 11.4 Å². The van der Waals surface area contributed by atoms with Gasteiger partial charge < -0.3 is 10.1 Å². The molecule has 0 unspecified atom stereocenters. The van der Waals surface area contributed by atoms with Crippen LogP contribution in [0.1, 0.15) is 12.8 Å². The second-order valence-electron chi connectivity index (χ2n) is 4.69. The Labute approximate surface area is 122 Å².